The average molecular weight is 129 g/mol. The van der Waals surface area contributed by atoms with Gasteiger partial charge in [0.1, 0.15) is 6.07 Å². The molecule has 0 aliphatic rings. The van der Waals surface area contributed by atoms with Crippen molar-refractivity contribution in [1.29, 1.82) is 5.26 Å². The fraction of sp³-hybridized carbons (Fsp3) is 0.833. The van der Waals surface area contributed by atoms with Gasteiger partial charge in [0.15, 0.2) is 0 Å². The second kappa shape index (κ2) is 1.98. The van der Waals surface area contributed by atoms with E-state index in [2.05, 4.69) is 0 Å². The zero-order valence-electron chi connectivity index (χ0n) is 5.84. The molecule has 0 unspecified atom stereocenters. The average Bonchev–Trinajstić information content (AvgIpc) is 1.64. The molecule has 0 aromatic heterocycles. The summed E-state index contributed by atoms with van der Waals surface area (Å²) in [6.07, 6.45) is 0. The second-order valence-electron chi connectivity index (χ2n) is 3.03. The molecule has 3 heteroatoms. The summed E-state index contributed by atoms with van der Waals surface area (Å²) in [5, 5.41) is 25.9. The van der Waals surface area contributed by atoms with E-state index < -0.39 is 11.2 Å². The van der Waals surface area contributed by atoms with Crippen LogP contribution in [0.3, 0.4) is 0 Å². The highest BCUT2D eigenvalue weighted by Gasteiger charge is 2.38. The Morgan fingerprint density at radius 2 is 1.56 bits per heavy atom. The van der Waals surface area contributed by atoms with E-state index in [4.69, 9.17) is 15.5 Å². The van der Waals surface area contributed by atoms with Gasteiger partial charge in [-0.05, 0) is 0 Å². The highest BCUT2D eigenvalue weighted by Crippen LogP contribution is 2.26. The van der Waals surface area contributed by atoms with E-state index in [9.17, 15) is 0 Å². The molecule has 0 rings (SSSR count). The molecule has 0 aliphatic heterocycles. The van der Waals surface area contributed by atoms with Crippen molar-refractivity contribution < 1.29 is 10.2 Å². The zero-order valence-corrected chi connectivity index (χ0v) is 5.84. The lowest BCUT2D eigenvalue weighted by Gasteiger charge is -2.27. The Morgan fingerprint density at radius 3 is 1.56 bits per heavy atom. The molecule has 0 fully saturated rings. The van der Waals surface area contributed by atoms with Gasteiger partial charge in [0.2, 0.25) is 0 Å². The van der Waals surface area contributed by atoms with Crippen molar-refractivity contribution >= 4 is 0 Å². The maximum atomic E-state index is 8.85. The van der Waals surface area contributed by atoms with E-state index >= 15 is 0 Å². The van der Waals surface area contributed by atoms with E-state index in [-0.39, 0.29) is 0 Å². The predicted molar refractivity (Wildman–Crippen MR) is 32.2 cm³/mol. The van der Waals surface area contributed by atoms with Gasteiger partial charge in [0, 0.05) is 5.41 Å². The Hall–Kier alpha value is -0.590. The summed E-state index contributed by atoms with van der Waals surface area (Å²) in [5.74, 6) is -2.22. The van der Waals surface area contributed by atoms with Crippen molar-refractivity contribution in [3.63, 3.8) is 0 Å². The van der Waals surface area contributed by atoms with Crippen molar-refractivity contribution in [2.45, 2.75) is 26.6 Å². The Kier molecular flexibility index (Phi) is 1.85. The van der Waals surface area contributed by atoms with Crippen LogP contribution in [-0.2, 0) is 0 Å². The molecule has 0 saturated carbocycles. The summed E-state index contributed by atoms with van der Waals surface area (Å²) in [7, 11) is 0. The lowest BCUT2D eigenvalue weighted by Crippen LogP contribution is -2.40. The quantitative estimate of drug-likeness (QED) is 0.363. The molecule has 52 valence electrons. The third kappa shape index (κ3) is 1.67. The van der Waals surface area contributed by atoms with Crippen LogP contribution in [-0.4, -0.2) is 16.0 Å². The number of aliphatic hydroxyl groups is 2. The van der Waals surface area contributed by atoms with Crippen LogP contribution in [0, 0.1) is 16.7 Å². The summed E-state index contributed by atoms with van der Waals surface area (Å²) in [4.78, 5) is 0. The van der Waals surface area contributed by atoms with E-state index in [1.54, 1.807) is 20.8 Å². The Labute approximate surface area is 54.5 Å². The van der Waals surface area contributed by atoms with Crippen molar-refractivity contribution in [3.8, 4) is 6.07 Å². The topological polar surface area (TPSA) is 64.2 Å². The monoisotopic (exact) mass is 129 g/mol. The Morgan fingerprint density at radius 1 is 1.22 bits per heavy atom. The molecule has 0 heterocycles. The van der Waals surface area contributed by atoms with Crippen molar-refractivity contribution in [1.82, 2.24) is 0 Å². The Balaban J connectivity index is 4.39. The summed E-state index contributed by atoms with van der Waals surface area (Å²) in [5.41, 5.74) is -0.804. The SMILES string of the molecule is CC(C)(C)C(O)(O)C#N. The molecule has 3 nitrogen and oxygen atoms in total. The first kappa shape index (κ1) is 8.41. The fourth-order valence-electron chi connectivity index (χ4n) is 0.168. The molecule has 0 aromatic rings. The maximum Gasteiger partial charge on any atom is 0.259 e. The van der Waals surface area contributed by atoms with Crippen molar-refractivity contribution in [3.05, 3.63) is 0 Å². The van der Waals surface area contributed by atoms with E-state index in [0.29, 0.717) is 0 Å². The molecule has 2 N–H and O–H groups in total. The summed E-state index contributed by atoms with van der Waals surface area (Å²) < 4.78 is 0. The third-order valence-corrected chi connectivity index (χ3v) is 1.20. The minimum absolute atomic E-state index is 0.804. The molecular weight excluding hydrogens is 118 g/mol. The molecule has 0 aliphatic carbocycles. The molecule has 0 saturated heterocycles. The van der Waals surface area contributed by atoms with E-state index in [1.807, 2.05) is 0 Å². The van der Waals surface area contributed by atoms with Gasteiger partial charge in [0.25, 0.3) is 5.79 Å². The summed E-state index contributed by atoms with van der Waals surface area (Å²) in [6, 6.07) is 1.39. The minimum atomic E-state index is -2.22. The lowest BCUT2D eigenvalue weighted by atomic mass is 9.87. The van der Waals surface area contributed by atoms with Crippen LogP contribution >= 0.6 is 0 Å². The third-order valence-electron chi connectivity index (χ3n) is 1.20. The Bertz CT molecular complexity index is 138. The predicted octanol–water partition coefficient (Wildman–Crippen LogP) is 0.237. The van der Waals surface area contributed by atoms with Gasteiger partial charge in [0.05, 0.1) is 0 Å². The van der Waals surface area contributed by atoms with Gasteiger partial charge in [-0.15, -0.1) is 0 Å². The fourth-order valence-corrected chi connectivity index (χ4v) is 0.168. The first-order chi connectivity index (χ1) is 3.81. The van der Waals surface area contributed by atoms with Crippen LogP contribution in [0.15, 0.2) is 0 Å². The zero-order chi connectivity index (χ0) is 7.71. The standard InChI is InChI=1S/C6H11NO2/c1-5(2,3)6(8,9)4-7/h8-9H,1-3H3. The normalized spacial score (nSPS) is 12.9. The number of nitrogens with zero attached hydrogens (tertiary/aromatic N) is 1. The smallest absolute Gasteiger partial charge is 0.259 e. The van der Waals surface area contributed by atoms with Gasteiger partial charge < -0.3 is 10.2 Å². The number of nitriles is 1. The van der Waals surface area contributed by atoms with Gasteiger partial charge in [-0.2, -0.15) is 5.26 Å². The molecule has 0 atom stereocenters. The molecule has 0 radical (unpaired) electrons. The maximum absolute atomic E-state index is 8.85. The van der Waals surface area contributed by atoms with E-state index in [0.717, 1.165) is 0 Å². The second-order valence-corrected chi connectivity index (χ2v) is 3.03. The van der Waals surface area contributed by atoms with Crippen LogP contribution < -0.4 is 0 Å². The van der Waals surface area contributed by atoms with Gasteiger partial charge in [-0.3, -0.25) is 0 Å². The molecule has 9 heavy (non-hydrogen) atoms. The first-order valence-electron chi connectivity index (χ1n) is 2.67. The van der Waals surface area contributed by atoms with Crippen LogP contribution in [0.25, 0.3) is 0 Å². The van der Waals surface area contributed by atoms with Crippen LogP contribution in [0.2, 0.25) is 0 Å². The minimum Gasteiger partial charge on any atom is -0.354 e. The molecule has 0 amide bonds. The molecule has 0 bridgehead atoms. The van der Waals surface area contributed by atoms with Crippen molar-refractivity contribution in [2.24, 2.45) is 5.41 Å². The van der Waals surface area contributed by atoms with Gasteiger partial charge in [-0.25, -0.2) is 0 Å². The molecule has 0 spiro atoms. The summed E-state index contributed by atoms with van der Waals surface area (Å²) in [6.45, 7) is 4.74. The highest BCUT2D eigenvalue weighted by molar-refractivity contribution is 4.98. The van der Waals surface area contributed by atoms with Crippen LogP contribution in [0.5, 0.6) is 0 Å². The van der Waals surface area contributed by atoms with Crippen LogP contribution in [0.1, 0.15) is 20.8 Å². The largest absolute Gasteiger partial charge is 0.354 e. The number of hydrogen-bond acceptors (Lipinski definition) is 3. The van der Waals surface area contributed by atoms with Gasteiger partial charge in [-0.1, -0.05) is 20.8 Å². The lowest BCUT2D eigenvalue weighted by molar-refractivity contribution is -0.181. The van der Waals surface area contributed by atoms with Crippen LogP contribution in [0.4, 0.5) is 0 Å². The van der Waals surface area contributed by atoms with Gasteiger partial charge >= 0.3 is 0 Å². The molecule has 0 aromatic carbocycles. The summed E-state index contributed by atoms with van der Waals surface area (Å²) >= 11 is 0. The number of rotatable bonds is 0. The number of hydrogen-bond donors (Lipinski definition) is 2. The highest BCUT2D eigenvalue weighted by atomic mass is 16.5. The van der Waals surface area contributed by atoms with Crippen molar-refractivity contribution in [2.75, 3.05) is 0 Å². The first-order valence-corrected chi connectivity index (χ1v) is 2.67. The van der Waals surface area contributed by atoms with E-state index in [1.165, 1.54) is 6.07 Å². The molecular formula is C6H11NO2.